The smallest absolute Gasteiger partial charge is 0.188 e. The van der Waals surface area contributed by atoms with Crippen LogP contribution in [-0.2, 0) is 11.3 Å². The maximum absolute atomic E-state index is 8.95. The van der Waals surface area contributed by atoms with Crippen LogP contribution in [0.5, 0.6) is 5.75 Å². The average molecular weight is 326 g/mol. The molecule has 0 aliphatic carbocycles. The van der Waals surface area contributed by atoms with E-state index in [1.54, 1.807) is 19.2 Å². The van der Waals surface area contributed by atoms with Crippen LogP contribution < -0.4 is 4.74 Å². The van der Waals surface area contributed by atoms with E-state index in [0.29, 0.717) is 5.75 Å². The van der Waals surface area contributed by atoms with Gasteiger partial charge in [-0.1, -0.05) is 0 Å². The lowest BCUT2D eigenvalue weighted by atomic mass is 10.2. The third kappa shape index (κ3) is 2.95. The van der Waals surface area contributed by atoms with Gasteiger partial charge in [-0.25, -0.2) is 0 Å². The van der Waals surface area contributed by atoms with E-state index in [9.17, 15) is 0 Å². The van der Waals surface area contributed by atoms with Crippen molar-refractivity contribution < 1.29 is 14.6 Å². The minimum Gasteiger partial charge on any atom is -0.465 e. The Morgan fingerprint density at radius 1 is 1.29 bits per heavy atom. The summed E-state index contributed by atoms with van der Waals surface area (Å²) in [4.78, 5) is 0. The molecular weight excluding hydrogens is 316 g/mol. The van der Waals surface area contributed by atoms with Gasteiger partial charge in [-0.2, -0.15) is 0 Å². The van der Waals surface area contributed by atoms with E-state index in [1.165, 1.54) is 0 Å². The molecule has 0 saturated heterocycles. The minimum absolute atomic E-state index is 0.00174. The fourth-order valence-corrected chi connectivity index (χ4v) is 2.47. The first-order valence-electron chi connectivity index (χ1n) is 3.89. The summed E-state index contributed by atoms with van der Waals surface area (Å²) in [7, 11) is 1.56. The van der Waals surface area contributed by atoms with Gasteiger partial charge >= 0.3 is 0 Å². The van der Waals surface area contributed by atoms with Crippen molar-refractivity contribution in [3.63, 3.8) is 0 Å². The average Bonchev–Trinajstić information content (AvgIpc) is 2.16. The number of methoxy groups -OCH3 is 1. The maximum atomic E-state index is 8.95. The lowest BCUT2D eigenvalue weighted by Crippen LogP contribution is -2.00. The van der Waals surface area contributed by atoms with Gasteiger partial charge in [0.15, 0.2) is 12.5 Å². The van der Waals surface area contributed by atoms with Crippen molar-refractivity contribution in [3.8, 4) is 5.75 Å². The Bertz CT molecular complexity index is 292. The summed E-state index contributed by atoms with van der Waals surface area (Å²) >= 11 is 6.69. The highest BCUT2D eigenvalue weighted by Crippen LogP contribution is 2.34. The van der Waals surface area contributed by atoms with Crippen molar-refractivity contribution in [2.45, 2.75) is 6.61 Å². The third-order valence-electron chi connectivity index (χ3n) is 1.56. The van der Waals surface area contributed by atoms with E-state index < -0.39 is 0 Å². The van der Waals surface area contributed by atoms with Crippen LogP contribution >= 0.6 is 31.9 Å². The second-order valence-corrected chi connectivity index (χ2v) is 4.31. The lowest BCUT2D eigenvalue weighted by Gasteiger charge is -2.10. The molecule has 0 amide bonds. The SMILES string of the molecule is COCOc1c(Br)cc(CO)cc1Br. The van der Waals surface area contributed by atoms with Gasteiger partial charge in [-0.15, -0.1) is 0 Å². The fourth-order valence-electron chi connectivity index (χ4n) is 0.959. The Morgan fingerprint density at radius 2 is 1.86 bits per heavy atom. The molecule has 5 heteroatoms. The molecule has 0 atom stereocenters. The quantitative estimate of drug-likeness (QED) is 0.865. The Balaban J connectivity index is 2.93. The predicted octanol–water partition coefficient (Wildman–Crippen LogP) is 2.69. The number of hydrogen-bond donors (Lipinski definition) is 1. The molecule has 78 valence electrons. The summed E-state index contributed by atoms with van der Waals surface area (Å²) in [5, 5.41) is 8.95. The topological polar surface area (TPSA) is 38.7 Å². The summed E-state index contributed by atoms with van der Waals surface area (Å²) in [5.74, 6) is 0.670. The van der Waals surface area contributed by atoms with Gasteiger partial charge in [0.25, 0.3) is 0 Å². The number of halogens is 2. The van der Waals surface area contributed by atoms with Crippen LogP contribution in [0.4, 0.5) is 0 Å². The van der Waals surface area contributed by atoms with Crippen LogP contribution in [0.25, 0.3) is 0 Å². The van der Waals surface area contributed by atoms with Gasteiger partial charge in [-0.3, -0.25) is 0 Å². The molecule has 0 heterocycles. The molecule has 0 saturated carbocycles. The molecule has 0 radical (unpaired) electrons. The van der Waals surface area contributed by atoms with Crippen molar-refractivity contribution in [1.82, 2.24) is 0 Å². The van der Waals surface area contributed by atoms with Gasteiger partial charge < -0.3 is 14.6 Å². The van der Waals surface area contributed by atoms with Crippen LogP contribution in [-0.4, -0.2) is 19.0 Å². The zero-order valence-electron chi connectivity index (χ0n) is 7.59. The van der Waals surface area contributed by atoms with E-state index in [4.69, 9.17) is 14.6 Å². The number of ether oxygens (including phenoxy) is 2. The maximum Gasteiger partial charge on any atom is 0.188 e. The van der Waals surface area contributed by atoms with Crippen molar-refractivity contribution in [2.75, 3.05) is 13.9 Å². The zero-order valence-corrected chi connectivity index (χ0v) is 10.8. The Morgan fingerprint density at radius 3 is 2.29 bits per heavy atom. The first kappa shape index (κ1) is 12.0. The number of aliphatic hydroxyl groups excluding tert-OH is 1. The number of benzene rings is 1. The summed E-state index contributed by atoms with van der Waals surface area (Å²) in [5.41, 5.74) is 0.813. The van der Waals surface area contributed by atoms with Crippen LogP contribution in [0.15, 0.2) is 21.1 Å². The second kappa shape index (κ2) is 5.70. The van der Waals surface area contributed by atoms with E-state index in [-0.39, 0.29) is 13.4 Å². The summed E-state index contributed by atoms with van der Waals surface area (Å²) in [6.07, 6.45) is 0. The first-order valence-corrected chi connectivity index (χ1v) is 5.48. The Labute approximate surface area is 99.3 Å². The van der Waals surface area contributed by atoms with Gasteiger partial charge in [0.05, 0.1) is 15.6 Å². The normalized spacial score (nSPS) is 10.3. The zero-order chi connectivity index (χ0) is 10.6. The lowest BCUT2D eigenvalue weighted by molar-refractivity contribution is 0.0500. The van der Waals surface area contributed by atoms with Crippen molar-refractivity contribution in [3.05, 3.63) is 26.6 Å². The molecule has 1 aromatic carbocycles. The molecule has 0 aliphatic heterocycles. The van der Waals surface area contributed by atoms with E-state index >= 15 is 0 Å². The fraction of sp³-hybridized carbons (Fsp3) is 0.333. The molecule has 0 unspecified atom stereocenters. The number of aliphatic hydroxyl groups is 1. The molecule has 0 spiro atoms. The van der Waals surface area contributed by atoms with E-state index in [2.05, 4.69) is 31.9 Å². The highest BCUT2D eigenvalue weighted by atomic mass is 79.9. The van der Waals surface area contributed by atoms with Crippen molar-refractivity contribution >= 4 is 31.9 Å². The highest BCUT2D eigenvalue weighted by molar-refractivity contribution is 9.11. The Hall–Kier alpha value is -0.100. The monoisotopic (exact) mass is 324 g/mol. The first-order chi connectivity index (χ1) is 6.69. The van der Waals surface area contributed by atoms with Gasteiger partial charge in [0.1, 0.15) is 0 Å². The molecular formula is C9H10Br2O3. The number of rotatable bonds is 4. The van der Waals surface area contributed by atoms with Crippen LogP contribution in [0.2, 0.25) is 0 Å². The molecule has 0 aromatic heterocycles. The largest absolute Gasteiger partial charge is 0.465 e. The molecule has 3 nitrogen and oxygen atoms in total. The standard InChI is InChI=1S/C9H10Br2O3/c1-13-5-14-9-7(10)2-6(4-12)3-8(9)11/h2-3,12H,4-5H2,1H3. The summed E-state index contributed by atoms with van der Waals surface area (Å²) < 4.78 is 11.7. The van der Waals surface area contributed by atoms with Crippen LogP contribution in [0.3, 0.4) is 0 Å². The molecule has 0 fully saturated rings. The molecule has 1 N–H and O–H groups in total. The van der Waals surface area contributed by atoms with Gasteiger partial charge in [0, 0.05) is 7.11 Å². The molecule has 0 aliphatic rings. The van der Waals surface area contributed by atoms with E-state index in [0.717, 1.165) is 14.5 Å². The Kier molecular flexibility index (Phi) is 4.88. The third-order valence-corrected chi connectivity index (χ3v) is 2.74. The molecule has 14 heavy (non-hydrogen) atoms. The van der Waals surface area contributed by atoms with Gasteiger partial charge in [0.2, 0.25) is 0 Å². The predicted molar refractivity (Wildman–Crippen MR) is 60.3 cm³/mol. The highest BCUT2D eigenvalue weighted by Gasteiger charge is 2.08. The van der Waals surface area contributed by atoms with Crippen molar-refractivity contribution in [2.24, 2.45) is 0 Å². The molecule has 0 bridgehead atoms. The van der Waals surface area contributed by atoms with Crippen LogP contribution in [0.1, 0.15) is 5.56 Å². The molecule has 1 aromatic rings. The number of hydrogen-bond acceptors (Lipinski definition) is 3. The summed E-state index contributed by atoms with van der Waals surface area (Å²) in [6.45, 7) is 0.192. The van der Waals surface area contributed by atoms with Crippen molar-refractivity contribution in [1.29, 1.82) is 0 Å². The summed E-state index contributed by atoms with van der Waals surface area (Å²) in [6, 6.07) is 3.60. The van der Waals surface area contributed by atoms with Crippen LogP contribution in [0, 0.1) is 0 Å². The second-order valence-electron chi connectivity index (χ2n) is 2.60. The molecule has 1 rings (SSSR count). The van der Waals surface area contributed by atoms with E-state index in [1.807, 2.05) is 0 Å². The minimum atomic E-state index is 0.00174. The van der Waals surface area contributed by atoms with Gasteiger partial charge in [-0.05, 0) is 49.6 Å².